The smallest absolute Gasteiger partial charge is 0.0469 e. The average molecular weight is 247 g/mol. The van der Waals surface area contributed by atoms with Crippen LogP contribution in [0.15, 0.2) is 24.3 Å². The fourth-order valence-electron chi connectivity index (χ4n) is 2.78. The molecule has 0 spiro atoms. The summed E-state index contributed by atoms with van der Waals surface area (Å²) in [6, 6.07) is 9.75. The van der Waals surface area contributed by atoms with Crippen LogP contribution in [0, 0.1) is 12.8 Å². The third-order valence-corrected chi connectivity index (χ3v) is 4.03. The van der Waals surface area contributed by atoms with Crippen LogP contribution in [0.5, 0.6) is 0 Å². The van der Waals surface area contributed by atoms with Crippen LogP contribution in [-0.4, -0.2) is 19.3 Å². The molecule has 2 rings (SSSR count). The molecule has 0 aromatic heterocycles. The number of hydrogen-bond donors (Lipinski definition) is 1. The van der Waals surface area contributed by atoms with E-state index in [0.29, 0.717) is 12.1 Å². The molecule has 1 saturated heterocycles. The molecule has 18 heavy (non-hydrogen) atoms. The highest BCUT2D eigenvalue weighted by Crippen LogP contribution is 2.22. The Labute approximate surface area is 111 Å². The first-order chi connectivity index (χ1) is 8.66. The van der Waals surface area contributed by atoms with Gasteiger partial charge in [-0.15, -0.1) is 0 Å². The van der Waals surface area contributed by atoms with Gasteiger partial charge in [-0.1, -0.05) is 29.8 Å². The average Bonchev–Trinajstić information content (AvgIpc) is 2.39. The van der Waals surface area contributed by atoms with Crippen molar-refractivity contribution in [3.8, 4) is 0 Å². The summed E-state index contributed by atoms with van der Waals surface area (Å²) in [6.07, 6.45) is 2.38. The van der Waals surface area contributed by atoms with Crippen LogP contribution in [0.25, 0.3) is 0 Å². The topological polar surface area (TPSA) is 21.3 Å². The molecule has 0 saturated carbocycles. The Balaban J connectivity index is 1.91. The minimum atomic E-state index is 0.419. The van der Waals surface area contributed by atoms with Crippen molar-refractivity contribution >= 4 is 0 Å². The van der Waals surface area contributed by atoms with E-state index in [0.717, 1.165) is 19.1 Å². The number of ether oxygens (including phenoxy) is 1. The second-order valence-corrected chi connectivity index (χ2v) is 5.54. The first-order valence-corrected chi connectivity index (χ1v) is 7.07. The quantitative estimate of drug-likeness (QED) is 0.879. The minimum absolute atomic E-state index is 0.419. The zero-order valence-electron chi connectivity index (χ0n) is 11.8. The molecule has 2 heteroatoms. The summed E-state index contributed by atoms with van der Waals surface area (Å²) < 4.78 is 5.43. The number of rotatable bonds is 4. The lowest BCUT2D eigenvalue weighted by molar-refractivity contribution is 0.0547. The Bertz CT molecular complexity index is 371. The Kier molecular flexibility index (Phi) is 4.79. The van der Waals surface area contributed by atoms with E-state index in [9.17, 15) is 0 Å². The highest BCUT2D eigenvalue weighted by Gasteiger charge is 2.21. The van der Waals surface area contributed by atoms with Gasteiger partial charge >= 0.3 is 0 Å². The second-order valence-electron chi connectivity index (χ2n) is 5.54. The number of aryl methyl sites for hydroxylation is 1. The molecule has 1 aromatic rings. The molecule has 0 amide bonds. The van der Waals surface area contributed by atoms with Gasteiger partial charge in [0, 0.05) is 25.3 Å². The monoisotopic (exact) mass is 247 g/mol. The number of hydrogen-bond acceptors (Lipinski definition) is 2. The third kappa shape index (κ3) is 3.56. The fourth-order valence-corrected chi connectivity index (χ4v) is 2.78. The van der Waals surface area contributed by atoms with Gasteiger partial charge in [0.05, 0.1) is 0 Å². The van der Waals surface area contributed by atoms with Crippen molar-refractivity contribution in [1.82, 2.24) is 5.32 Å². The summed E-state index contributed by atoms with van der Waals surface area (Å²) in [7, 11) is 0. The molecule has 1 aliphatic heterocycles. The van der Waals surface area contributed by atoms with E-state index in [1.807, 2.05) is 0 Å². The SMILES string of the molecule is Cc1cccc(C(C)NC(C)C2CCOCC2)c1. The van der Waals surface area contributed by atoms with Crippen LogP contribution in [-0.2, 0) is 4.74 Å². The lowest BCUT2D eigenvalue weighted by Crippen LogP contribution is -2.38. The molecular weight excluding hydrogens is 222 g/mol. The standard InChI is InChI=1S/C16H25NO/c1-12-5-4-6-16(11-12)14(3)17-13(2)15-7-9-18-10-8-15/h4-6,11,13-15,17H,7-10H2,1-3H3. The molecule has 0 aliphatic carbocycles. The van der Waals surface area contributed by atoms with E-state index in [1.54, 1.807) is 0 Å². The van der Waals surface area contributed by atoms with Crippen LogP contribution in [0.1, 0.15) is 43.9 Å². The molecule has 1 aliphatic rings. The molecule has 2 unspecified atom stereocenters. The first-order valence-electron chi connectivity index (χ1n) is 7.07. The third-order valence-electron chi connectivity index (χ3n) is 4.03. The first kappa shape index (κ1) is 13.6. The van der Waals surface area contributed by atoms with Gasteiger partial charge in [0.1, 0.15) is 0 Å². The Morgan fingerprint density at radius 3 is 2.61 bits per heavy atom. The van der Waals surface area contributed by atoms with Crippen molar-refractivity contribution in [1.29, 1.82) is 0 Å². The Morgan fingerprint density at radius 2 is 1.94 bits per heavy atom. The van der Waals surface area contributed by atoms with Gasteiger partial charge in [-0.05, 0) is 45.1 Å². The van der Waals surface area contributed by atoms with Crippen molar-refractivity contribution in [2.45, 2.75) is 45.7 Å². The normalized spacial score (nSPS) is 20.6. The minimum Gasteiger partial charge on any atom is -0.381 e. The Hall–Kier alpha value is -0.860. The molecule has 1 fully saturated rings. The number of benzene rings is 1. The Morgan fingerprint density at radius 1 is 1.22 bits per heavy atom. The molecule has 2 nitrogen and oxygen atoms in total. The van der Waals surface area contributed by atoms with Crippen molar-refractivity contribution in [3.05, 3.63) is 35.4 Å². The van der Waals surface area contributed by atoms with Crippen molar-refractivity contribution in [2.24, 2.45) is 5.92 Å². The summed E-state index contributed by atoms with van der Waals surface area (Å²) in [6.45, 7) is 8.57. The zero-order chi connectivity index (χ0) is 13.0. The maximum absolute atomic E-state index is 5.43. The van der Waals surface area contributed by atoms with Crippen molar-refractivity contribution in [2.75, 3.05) is 13.2 Å². The molecule has 1 N–H and O–H groups in total. The van der Waals surface area contributed by atoms with Crippen LogP contribution in [0.2, 0.25) is 0 Å². The lowest BCUT2D eigenvalue weighted by atomic mass is 9.92. The molecular formula is C16H25NO. The van der Waals surface area contributed by atoms with E-state index < -0.39 is 0 Å². The summed E-state index contributed by atoms with van der Waals surface area (Å²) in [5, 5.41) is 3.74. The largest absolute Gasteiger partial charge is 0.381 e. The van der Waals surface area contributed by atoms with Crippen molar-refractivity contribution < 1.29 is 4.74 Å². The molecule has 100 valence electrons. The van der Waals surface area contributed by atoms with Gasteiger partial charge in [0.15, 0.2) is 0 Å². The summed E-state index contributed by atoms with van der Waals surface area (Å²) >= 11 is 0. The van der Waals surface area contributed by atoms with E-state index in [4.69, 9.17) is 4.74 Å². The van der Waals surface area contributed by atoms with Gasteiger partial charge < -0.3 is 10.1 Å². The molecule has 0 radical (unpaired) electrons. The van der Waals surface area contributed by atoms with Crippen LogP contribution in [0.4, 0.5) is 0 Å². The molecule has 1 aromatic carbocycles. The van der Waals surface area contributed by atoms with Gasteiger partial charge in [-0.25, -0.2) is 0 Å². The molecule has 0 bridgehead atoms. The second kappa shape index (κ2) is 6.35. The summed E-state index contributed by atoms with van der Waals surface area (Å²) in [4.78, 5) is 0. The van der Waals surface area contributed by atoms with Gasteiger partial charge in [0.2, 0.25) is 0 Å². The van der Waals surface area contributed by atoms with Crippen LogP contribution >= 0.6 is 0 Å². The predicted molar refractivity (Wildman–Crippen MR) is 75.7 cm³/mol. The zero-order valence-corrected chi connectivity index (χ0v) is 11.8. The van der Waals surface area contributed by atoms with Gasteiger partial charge in [0.25, 0.3) is 0 Å². The predicted octanol–water partition coefficient (Wildman–Crippen LogP) is 3.46. The molecule has 1 heterocycles. The van der Waals surface area contributed by atoms with Gasteiger partial charge in [-0.3, -0.25) is 0 Å². The fraction of sp³-hybridized carbons (Fsp3) is 0.625. The lowest BCUT2D eigenvalue weighted by Gasteiger charge is -2.31. The maximum Gasteiger partial charge on any atom is 0.0469 e. The highest BCUT2D eigenvalue weighted by molar-refractivity contribution is 5.24. The van der Waals surface area contributed by atoms with Gasteiger partial charge in [-0.2, -0.15) is 0 Å². The summed E-state index contributed by atoms with van der Waals surface area (Å²) in [5.74, 6) is 0.756. The van der Waals surface area contributed by atoms with Crippen LogP contribution < -0.4 is 5.32 Å². The van der Waals surface area contributed by atoms with Crippen LogP contribution in [0.3, 0.4) is 0 Å². The highest BCUT2D eigenvalue weighted by atomic mass is 16.5. The maximum atomic E-state index is 5.43. The van der Waals surface area contributed by atoms with E-state index >= 15 is 0 Å². The number of nitrogens with one attached hydrogen (secondary N) is 1. The summed E-state index contributed by atoms with van der Waals surface area (Å²) in [5.41, 5.74) is 2.72. The van der Waals surface area contributed by atoms with E-state index in [2.05, 4.69) is 50.4 Å². The van der Waals surface area contributed by atoms with Crippen molar-refractivity contribution in [3.63, 3.8) is 0 Å². The van der Waals surface area contributed by atoms with E-state index in [-0.39, 0.29) is 0 Å². The molecule has 2 atom stereocenters. The van der Waals surface area contributed by atoms with E-state index in [1.165, 1.54) is 24.0 Å².